The van der Waals surface area contributed by atoms with Crippen molar-refractivity contribution in [3.63, 3.8) is 0 Å². The number of hydrogen-bond acceptors (Lipinski definition) is 2. The van der Waals surface area contributed by atoms with Gasteiger partial charge in [-0.2, -0.15) is 0 Å². The van der Waals surface area contributed by atoms with E-state index in [1.807, 2.05) is 50.5 Å². The topological polar surface area (TPSA) is 23.5 Å². The summed E-state index contributed by atoms with van der Waals surface area (Å²) in [5.41, 5.74) is 1.97. The minimum Gasteiger partial charge on any atom is -0.388 e. The van der Waals surface area contributed by atoms with Crippen molar-refractivity contribution in [2.24, 2.45) is 0 Å². The van der Waals surface area contributed by atoms with Crippen molar-refractivity contribution in [1.82, 2.24) is 4.90 Å². The predicted octanol–water partition coefficient (Wildman–Crippen LogP) is 3.74. The van der Waals surface area contributed by atoms with Gasteiger partial charge in [0.05, 0.1) is 6.10 Å². The van der Waals surface area contributed by atoms with E-state index in [1.54, 1.807) is 0 Å². The summed E-state index contributed by atoms with van der Waals surface area (Å²) < 4.78 is 13.0. The standard InChI is InChI=1S/C18H21FNO/c1-20(2)17(14-8-10-16(19)11-9-14)12-13-18(21)15-6-4-3-5-7-15/h4-11,17-18,21H,12-13H2,1-2H3. The maximum absolute atomic E-state index is 13.0. The average molecular weight is 286 g/mol. The Kier molecular flexibility index (Phi) is 5.48. The molecule has 21 heavy (non-hydrogen) atoms. The first kappa shape index (κ1) is 15.7. The minimum atomic E-state index is -0.484. The van der Waals surface area contributed by atoms with Gasteiger partial charge in [-0.3, -0.25) is 0 Å². The molecule has 2 atom stereocenters. The van der Waals surface area contributed by atoms with E-state index in [1.165, 1.54) is 12.1 Å². The summed E-state index contributed by atoms with van der Waals surface area (Å²) in [6.45, 7) is 0. The highest BCUT2D eigenvalue weighted by atomic mass is 19.1. The molecule has 3 heteroatoms. The second-order valence-electron chi connectivity index (χ2n) is 5.46. The van der Waals surface area contributed by atoms with Gasteiger partial charge in [0.1, 0.15) is 5.82 Å². The lowest BCUT2D eigenvalue weighted by atomic mass is 9.96. The molecule has 2 aromatic rings. The van der Waals surface area contributed by atoms with Crippen LogP contribution in [0.15, 0.2) is 48.5 Å². The third kappa shape index (κ3) is 4.38. The zero-order valence-corrected chi connectivity index (χ0v) is 12.5. The van der Waals surface area contributed by atoms with Crippen molar-refractivity contribution >= 4 is 0 Å². The number of benzene rings is 2. The highest BCUT2D eigenvalue weighted by molar-refractivity contribution is 5.20. The van der Waals surface area contributed by atoms with Gasteiger partial charge in [0.15, 0.2) is 0 Å². The lowest BCUT2D eigenvalue weighted by Gasteiger charge is -2.26. The molecule has 1 N–H and O–H groups in total. The van der Waals surface area contributed by atoms with Crippen LogP contribution in [-0.4, -0.2) is 24.1 Å². The van der Waals surface area contributed by atoms with Crippen LogP contribution in [0.4, 0.5) is 4.39 Å². The number of aliphatic hydroxyl groups excluding tert-OH is 1. The molecular formula is C18H21FNO. The number of nitrogens with zero attached hydrogens (tertiary/aromatic N) is 1. The molecule has 0 heterocycles. The number of rotatable bonds is 6. The summed E-state index contributed by atoms with van der Waals surface area (Å²) in [7, 11) is 4.00. The van der Waals surface area contributed by atoms with Crippen LogP contribution in [0.3, 0.4) is 0 Å². The van der Waals surface area contributed by atoms with Gasteiger partial charge in [0, 0.05) is 6.04 Å². The normalized spacial score (nSPS) is 14.1. The summed E-state index contributed by atoms with van der Waals surface area (Å²) in [5, 5.41) is 10.2. The van der Waals surface area contributed by atoms with Gasteiger partial charge < -0.3 is 10.0 Å². The Bertz CT molecular complexity index is 539. The SMILES string of the molecule is CN(C)C(CCC(O)c1cc[c]cc1)c1ccc(F)cc1. The molecule has 1 radical (unpaired) electrons. The molecule has 2 rings (SSSR count). The fraction of sp³-hybridized carbons (Fsp3) is 0.333. The Balaban J connectivity index is 2.02. The monoisotopic (exact) mass is 286 g/mol. The quantitative estimate of drug-likeness (QED) is 0.874. The molecule has 0 aliphatic carbocycles. The van der Waals surface area contributed by atoms with E-state index in [2.05, 4.69) is 11.0 Å². The van der Waals surface area contributed by atoms with E-state index in [4.69, 9.17) is 0 Å². The van der Waals surface area contributed by atoms with Gasteiger partial charge in [-0.25, -0.2) is 4.39 Å². The fourth-order valence-corrected chi connectivity index (χ4v) is 2.51. The fourth-order valence-electron chi connectivity index (χ4n) is 2.51. The first-order valence-corrected chi connectivity index (χ1v) is 7.14. The lowest BCUT2D eigenvalue weighted by Crippen LogP contribution is -2.20. The van der Waals surface area contributed by atoms with Crippen molar-refractivity contribution in [2.75, 3.05) is 14.1 Å². The molecule has 0 bridgehead atoms. The Morgan fingerprint density at radius 2 is 1.62 bits per heavy atom. The first-order valence-electron chi connectivity index (χ1n) is 7.14. The van der Waals surface area contributed by atoms with Crippen LogP contribution in [0.5, 0.6) is 0 Å². The molecule has 0 aliphatic heterocycles. The van der Waals surface area contributed by atoms with Gasteiger partial charge in [0.25, 0.3) is 0 Å². The van der Waals surface area contributed by atoms with Crippen molar-refractivity contribution in [1.29, 1.82) is 0 Å². The van der Waals surface area contributed by atoms with E-state index < -0.39 is 6.10 Å². The summed E-state index contributed by atoms with van der Waals surface area (Å²) in [5.74, 6) is -0.225. The molecule has 0 spiro atoms. The Hall–Kier alpha value is -1.71. The molecular weight excluding hydrogens is 265 g/mol. The van der Waals surface area contributed by atoms with Crippen LogP contribution >= 0.6 is 0 Å². The van der Waals surface area contributed by atoms with E-state index in [-0.39, 0.29) is 11.9 Å². The summed E-state index contributed by atoms with van der Waals surface area (Å²) in [6.07, 6.45) is 0.977. The first-order chi connectivity index (χ1) is 10.1. The predicted molar refractivity (Wildman–Crippen MR) is 82.3 cm³/mol. The zero-order chi connectivity index (χ0) is 15.2. The Morgan fingerprint density at radius 3 is 2.19 bits per heavy atom. The maximum Gasteiger partial charge on any atom is 0.123 e. The second kappa shape index (κ2) is 7.34. The van der Waals surface area contributed by atoms with Crippen LogP contribution in [0.1, 0.15) is 36.1 Å². The molecule has 2 aromatic carbocycles. The molecule has 111 valence electrons. The Labute approximate surface area is 125 Å². The average Bonchev–Trinajstić information content (AvgIpc) is 2.49. The molecule has 2 unspecified atom stereocenters. The van der Waals surface area contributed by atoms with E-state index in [0.717, 1.165) is 17.5 Å². The molecule has 0 aromatic heterocycles. The van der Waals surface area contributed by atoms with Crippen LogP contribution in [0.25, 0.3) is 0 Å². The summed E-state index contributed by atoms with van der Waals surface area (Å²) in [6, 6.07) is 17.1. The van der Waals surface area contributed by atoms with Gasteiger partial charge in [-0.1, -0.05) is 36.4 Å². The molecule has 0 saturated carbocycles. The van der Waals surface area contributed by atoms with Crippen LogP contribution < -0.4 is 0 Å². The van der Waals surface area contributed by atoms with Gasteiger partial charge in [0.2, 0.25) is 0 Å². The van der Waals surface area contributed by atoms with E-state index in [0.29, 0.717) is 6.42 Å². The zero-order valence-electron chi connectivity index (χ0n) is 12.5. The maximum atomic E-state index is 13.0. The molecule has 0 aliphatic rings. The smallest absolute Gasteiger partial charge is 0.123 e. The lowest BCUT2D eigenvalue weighted by molar-refractivity contribution is 0.147. The molecule has 0 amide bonds. The van der Waals surface area contributed by atoms with Crippen LogP contribution in [0.2, 0.25) is 0 Å². The van der Waals surface area contributed by atoms with Crippen LogP contribution in [-0.2, 0) is 0 Å². The van der Waals surface area contributed by atoms with Crippen molar-refractivity contribution in [2.45, 2.75) is 25.0 Å². The highest BCUT2D eigenvalue weighted by Crippen LogP contribution is 2.28. The molecule has 0 fully saturated rings. The number of aliphatic hydroxyl groups is 1. The molecule has 0 saturated heterocycles. The van der Waals surface area contributed by atoms with E-state index in [9.17, 15) is 9.50 Å². The Morgan fingerprint density at radius 1 is 1.00 bits per heavy atom. The second-order valence-corrected chi connectivity index (χ2v) is 5.46. The number of hydrogen-bond donors (Lipinski definition) is 1. The third-order valence-electron chi connectivity index (χ3n) is 3.72. The summed E-state index contributed by atoms with van der Waals surface area (Å²) >= 11 is 0. The van der Waals surface area contributed by atoms with Crippen molar-refractivity contribution < 1.29 is 9.50 Å². The van der Waals surface area contributed by atoms with Gasteiger partial charge in [-0.15, -0.1) is 0 Å². The van der Waals surface area contributed by atoms with Gasteiger partial charge in [-0.05, 0) is 56.3 Å². The van der Waals surface area contributed by atoms with Crippen LogP contribution in [0, 0.1) is 11.9 Å². The highest BCUT2D eigenvalue weighted by Gasteiger charge is 2.17. The van der Waals surface area contributed by atoms with Gasteiger partial charge >= 0.3 is 0 Å². The molecule has 2 nitrogen and oxygen atoms in total. The van der Waals surface area contributed by atoms with Crippen molar-refractivity contribution in [3.05, 3.63) is 71.5 Å². The largest absolute Gasteiger partial charge is 0.388 e. The summed E-state index contributed by atoms with van der Waals surface area (Å²) in [4.78, 5) is 2.10. The van der Waals surface area contributed by atoms with E-state index >= 15 is 0 Å². The number of halogens is 1. The van der Waals surface area contributed by atoms with Crippen molar-refractivity contribution in [3.8, 4) is 0 Å². The third-order valence-corrected chi connectivity index (χ3v) is 3.72. The minimum absolute atomic E-state index is 0.163.